The maximum Gasteiger partial charge on any atom is 0.416 e. The molecule has 4 rings (SSSR count). The molecule has 166 valence electrons. The van der Waals surface area contributed by atoms with Crippen LogP contribution < -0.4 is 15.4 Å². The Morgan fingerprint density at radius 2 is 1.66 bits per heavy atom. The number of pyridine rings is 1. The number of aryl methyl sites for hydroxylation is 2. The number of halogens is 4. The summed E-state index contributed by atoms with van der Waals surface area (Å²) in [7, 11) is 0. The lowest BCUT2D eigenvalue weighted by Crippen LogP contribution is -2.46. The number of hydrogen-bond donors (Lipinski definition) is 1. The Balaban J connectivity index is 1.94. The molecule has 0 saturated carbocycles. The van der Waals surface area contributed by atoms with Crippen molar-refractivity contribution in [2.24, 2.45) is 0 Å². The van der Waals surface area contributed by atoms with E-state index >= 15 is 0 Å². The van der Waals surface area contributed by atoms with E-state index in [2.05, 4.69) is 4.98 Å². The molecule has 0 radical (unpaired) electrons. The van der Waals surface area contributed by atoms with Crippen LogP contribution in [0.5, 0.6) is 0 Å². The van der Waals surface area contributed by atoms with Gasteiger partial charge in [-0.3, -0.25) is 14.5 Å². The third-order valence-corrected chi connectivity index (χ3v) is 5.47. The molecule has 3 aromatic rings. The van der Waals surface area contributed by atoms with Gasteiger partial charge in [0.2, 0.25) is 5.56 Å². The quantitative estimate of drug-likeness (QED) is 0.567. The zero-order valence-corrected chi connectivity index (χ0v) is 17.3. The average Bonchev–Trinajstić information content (AvgIpc) is 2.74. The van der Waals surface area contributed by atoms with E-state index in [9.17, 15) is 27.2 Å². The summed E-state index contributed by atoms with van der Waals surface area (Å²) in [6, 6.07) is 9.77. The second-order valence-electron chi connectivity index (χ2n) is 7.49. The zero-order chi connectivity index (χ0) is 23.2. The van der Waals surface area contributed by atoms with Crippen molar-refractivity contribution in [3.63, 3.8) is 0 Å². The van der Waals surface area contributed by atoms with Crippen molar-refractivity contribution in [3.8, 4) is 0 Å². The van der Waals surface area contributed by atoms with Crippen molar-refractivity contribution < 1.29 is 22.4 Å². The van der Waals surface area contributed by atoms with E-state index in [-0.39, 0.29) is 23.5 Å². The summed E-state index contributed by atoms with van der Waals surface area (Å²) in [5, 5.41) is 0. The van der Waals surface area contributed by atoms with Gasteiger partial charge in [0, 0.05) is 17.4 Å². The lowest BCUT2D eigenvalue weighted by molar-refractivity contribution is -0.137. The van der Waals surface area contributed by atoms with Gasteiger partial charge in [0.25, 0.3) is 5.91 Å². The Kier molecular flexibility index (Phi) is 5.28. The van der Waals surface area contributed by atoms with Crippen molar-refractivity contribution >= 4 is 23.0 Å². The highest BCUT2D eigenvalue weighted by Gasteiger charge is 2.37. The van der Waals surface area contributed by atoms with Crippen LogP contribution in [0.3, 0.4) is 0 Å². The molecule has 2 heterocycles. The Bertz CT molecular complexity index is 1270. The summed E-state index contributed by atoms with van der Waals surface area (Å²) in [6.07, 6.45) is -4.16. The number of nitrogens with one attached hydrogen (secondary N) is 1. The maximum atomic E-state index is 13.8. The average molecular weight is 445 g/mol. The lowest BCUT2D eigenvalue weighted by atomic mass is 10.0. The molecule has 1 N–H and O–H groups in total. The van der Waals surface area contributed by atoms with Gasteiger partial charge < -0.3 is 9.88 Å². The molecule has 1 amide bonds. The van der Waals surface area contributed by atoms with Crippen LogP contribution in [0.2, 0.25) is 0 Å². The van der Waals surface area contributed by atoms with E-state index in [4.69, 9.17) is 0 Å². The number of rotatable bonds is 3. The van der Waals surface area contributed by atoms with Crippen molar-refractivity contribution in [2.75, 3.05) is 16.5 Å². The largest absolute Gasteiger partial charge is 0.416 e. The van der Waals surface area contributed by atoms with Crippen molar-refractivity contribution in [3.05, 3.63) is 87.1 Å². The number of amides is 1. The molecule has 0 saturated heterocycles. The van der Waals surface area contributed by atoms with E-state index in [0.717, 1.165) is 18.2 Å². The highest BCUT2D eigenvalue weighted by Crippen LogP contribution is 2.41. The van der Waals surface area contributed by atoms with E-state index in [1.165, 1.54) is 35.2 Å². The second kappa shape index (κ2) is 7.81. The highest BCUT2D eigenvalue weighted by atomic mass is 19.4. The molecule has 0 fully saturated rings. The van der Waals surface area contributed by atoms with E-state index < -0.39 is 23.5 Å². The number of alkyl halides is 3. The van der Waals surface area contributed by atoms with Crippen LogP contribution in [0, 0.1) is 12.7 Å². The fourth-order valence-electron chi connectivity index (χ4n) is 3.89. The molecular weight excluding hydrogens is 426 g/mol. The number of anilines is 3. The Morgan fingerprint density at radius 1 is 0.938 bits per heavy atom. The Labute approximate surface area is 180 Å². The summed E-state index contributed by atoms with van der Waals surface area (Å²) in [6.45, 7) is 3.33. The predicted molar refractivity (Wildman–Crippen MR) is 113 cm³/mol. The van der Waals surface area contributed by atoms with Gasteiger partial charge in [0.1, 0.15) is 12.5 Å². The topological polar surface area (TPSA) is 56.4 Å². The maximum absolute atomic E-state index is 13.8. The van der Waals surface area contributed by atoms with Crippen LogP contribution in [0.4, 0.5) is 34.6 Å². The third kappa shape index (κ3) is 3.74. The molecule has 0 spiro atoms. The molecule has 0 bridgehead atoms. The number of fused-ring (bicyclic) bond motifs is 1. The van der Waals surface area contributed by atoms with Gasteiger partial charge in [-0.15, -0.1) is 0 Å². The minimum Gasteiger partial charge on any atom is -0.324 e. The Morgan fingerprint density at radius 3 is 2.31 bits per heavy atom. The number of nitrogens with zero attached hydrogens (tertiary/aromatic N) is 2. The number of carbonyl (C=O) groups is 1. The van der Waals surface area contributed by atoms with Gasteiger partial charge in [-0.1, -0.05) is 6.92 Å². The highest BCUT2D eigenvalue weighted by molar-refractivity contribution is 6.12. The summed E-state index contributed by atoms with van der Waals surface area (Å²) in [5.74, 6) is -0.962. The van der Waals surface area contributed by atoms with Gasteiger partial charge in [-0.05, 0) is 61.4 Å². The van der Waals surface area contributed by atoms with Gasteiger partial charge in [-0.25, -0.2) is 4.39 Å². The molecule has 32 heavy (non-hydrogen) atoms. The molecule has 2 aromatic carbocycles. The fraction of sp³-hybridized carbons (Fsp3) is 0.217. The molecule has 5 nitrogen and oxygen atoms in total. The van der Waals surface area contributed by atoms with Gasteiger partial charge in [-0.2, -0.15) is 13.2 Å². The minimum absolute atomic E-state index is 0.0706. The number of aromatic amines is 1. The van der Waals surface area contributed by atoms with Gasteiger partial charge in [0.15, 0.2) is 0 Å². The number of hydrogen-bond acceptors (Lipinski definition) is 3. The smallest absolute Gasteiger partial charge is 0.324 e. The molecule has 0 atom stereocenters. The normalized spacial score (nSPS) is 14.0. The van der Waals surface area contributed by atoms with Crippen molar-refractivity contribution in [1.29, 1.82) is 0 Å². The summed E-state index contributed by atoms with van der Waals surface area (Å²) in [5.41, 5.74) is 0.874. The van der Waals surface area contributed by atoms with Crippen LogP contribution in [0.25, 0.3) is 0 Å². The monoisotopic (exact) mass is 445 g/mol. The predicted octanol–water partition coefficient (Wildman–Crippen LogP) is 5.16. The first-order valence-electron chi connectivity index (χ1n) is 9.89. The van der Waals surface area contributed by atoms with Crippen LogP contribution in [0.1, 0.15) is 34.1 Å². The number of benzene rings is 2. The molecule has 0 unspecified atom stereocenters. The lowest BCUT2D eigenvalue weighted by Gasteiger charge is -2.39. The molecule has 1 aromatic heterocycles. The molecular formula is C23H19F4N3O2. The minimum atomic E-state index is -4.59. The van der Waals surface area contributed by atoms with Gasteiger partial charge in [0.05, 0.1) is 22.5 Å². The van der Waals surface area contributed by atoms with Gasteiger partial charge >= 0.3 is 6.18 Å². The SMILES string of the molecule is CCc1cc(F)ccc1N1CN(c2ccc(=O)[nH]c2C)C(=O)c2ccc(C(F)(F)F)cc21. The first kappa shape index (κ1) is 21.6. The van der Waals surface area contributed by atoms with Crippen LogP contribution in [0.15, 0.2) is 53.3 Å². The standard InChI is InChI=1S/C23H19F4N3O2/c1-3-14-10-16(24)5-7-19(14)29-12-30(18-8-9-21(31)28-13(18)2)22(32)17-6-4-15(11-20(17)29)23(25,26)27/h4-11H,3,12H2,1-2H3,(H,28,31). The second-order valence-corrected chi connectivity index (χ2v) is 7.49. The number of H-pyrrole nitrogens is 1. The first-order chi connectivity index (χ1) is 15.1. The third-order valence-electron chi connectivity index (χ3n) is 5.47. The van der Waals surface area contributed by atoms with Crippen molar-refractivity contribution in [2.45, 2.75) is 26.4 Å². The van der Waals surface area contributed by atoms with E-state index in [0.29, 0.717) is 29.1 Å². The molecule has 1 aliphatic heterocycles. The molecule has 9 heteroatoms. The van der Waals surface area contributed by atoms with Crippen molar-refractivity contribution in [1.82, 2.24) is 4.98 Å². The summed E-state index contributed by atoms with van der Waals surface area (Å²) >= 11 is 0. The molecule has 1 aliphatic rings. The van der Waals surface area contributed by atoms with E-state index in [1.807, 2.05) is 6.92 Å². The number of carbonyl (C=O) groups excluding carboxylic acids is 1. The first-order valence-corrected chi connectivity index (χ1v) is 9.89. The number of aromatic nitrogens is 1. The van der Waals surface area contributed by atoms with Crippen LogP contribution in [-0.4, -0.2) is 17.6 Å². The van der Waals surface area contributed by atoms with Crippen LogP contribution in [-0.2, 0) is 12.6 Å². The molecule has 0 aliphatic carbocycles. The van der Waals surface area contributed by atoms with Crippen LogP contribution >= 0.6 is 0 Å². The summed E-state index contributed by atoms with van der Waals surface area (Å²) < 4.78 is 54.1. The zero-order valence-electron chi connectivity index (χ0n) is 17.3. The van der Waals surface area contributed by atoms with E-state index in [1.54, 1.807) is 11.8 Å². The summed E-state index contributed by atoms with van der Waals surface area (Å²) in [4.78, 5) is 30.5. The fourth-order valence-corrected chi connectivity index (χ4v) is 3.89. The Hall–Kier alpha value is -3.62.